The maximum atomic E-state index is 14.1. The Labute approximate surface area is 212 Å². The number of nitrogens with zero attached hydrogens (tertiary/aromatic N) is 3. The molecule has 1 aromatic heterocycles. The third-order valence-electron chi connectivity index (χ3n) is 7.13. The van der Waals surface area contributed by atoms with Crippen molar-refractivity contribution in [2.24, 2.45) is 17.8 Å². The second kappa shape index (κ2) is 10.7. The van der Waals surface area contributed by atoms with E-state index in [-0.39, 0.29) is 24.2 Å². The van der Waals surface area contributed by atoms with Crippen LogP contribution in [0.1, 0.15) is 44.5 Å². The minimum absolute atomic E-state index is 0.189. The average Bonchev–Trinajstić information content (AvgIpc) is 3.57. The van der Waals surface area contributed by atoms with E-state index in [1.807, 2.05) is 24.3 Å². The summed E-state index contributed by atoms with van der Waals surface area (Å²) in [5.41, 5.74) is 0. The highest BCUT2D eigenvalue weighted by molar-refractivity contribution is 9.10. The maximum Gasteiger partial charge on any atom is 0.191 e. The second-order valence-electron chi connectivity index (χ2n) is 9.22. The molecule has 8 heteroatoms. The number of thioether (sulfide) groups is 1. The summed E-state index contributed by atoms with van der Waals surface area (Å²) in [7, 11) is 0. The van der Waals surface area contributed by atoms with Gasteiger partial charge in [-0.05, 0) is 74.3 Å². The molecule has 1 heterocycles. The number of halogens is 2. The van der Waals surface area contributed by atoms with Gasteiger partial charge in [0.05, 0.1) is 6.61 Å². The van der Waals surface area contributed by atoms with Gasteiger partial charge < -0.3 is 9.47 Å². The van der Waals surface area contributed by atoms with E-state index in [0.29, 0.717) is 12.5 Å². The second-order valence-corrected chi connectivity index (χ2v) is 11.2. The lowest BCUT2D eigenvalue weighted by Crippen LogP contribution is -2.24. The zero-order valence-corrected chi connectivity index (χ0v) is 21.6. The number of hydrogen-bond donors (Lipinski definition) is 0. The summed E-state index contributed by atoms with van der Waals surface area (Å²) in [6.07, 6.45) is 5.31. The zero-order valence-electron chi connectivity index (χ0n) is 19.2. The number of ether oxygens (including phenoxy) is 2. The van der Waals surface area contributed by atoms with Crippen molar-refractivity contribution in [2.45, 2.75) is 50.4 Å². The Bertz CT molecular complexity index is 1130. The molecule has 0 radical (unpaired) electrons. The van der Waals surface area contributed by atoms with E-state index in [0.717, 1.165) is 38.8 Å². The summed E-state index contributed by atoms with van der Waals surface area (Å²) in [5.74, 6) is 4.47. The van der Waals surface area contributed by atoms with Crippen LogP contribution < -0.4 is 9.47 Å². The average molecular weight is 547 g/mol. The third-order valence-corrected chi connectivity index (χ3v) is 8.53. The topological polar surface area (TPSA) is 49.2 Å². The van der Waals surface area contributed by atoms with Crippen LogP contribution in [0.4, 0.5) is 4.39 Å². The highest BCUT2D eigenvalue weighted by atomic mass is 79.9. The molecule has 0 amide bonds. The highest BCUT2D eigenvalue weighted by Crippen LogP contribution is 2.52. The van der Waals surface area contributed by atoms with Gasteiger partial charge in [-0.15, -0.1) is 10.2 Å². The van der Waals surface area contributed by atoms with Crippen molar-refractivity contribution in [1.29, 1.82) is 0 Å². The first-order valence-corrected chi connectivity index (χ1v) is 13.7. The molecule has 0 unspecified atom stereocenters. The predicted octanol–water partition coefficient (Wildman–Crippen LogP) is 6.93. The molecule has 34 heavy (non-hydrogen) atoms. The summed E-state index contributed by atoms with van der Waals surface area (Å²) in [5, 5.41) is 9.84. The van der Waals surface area contributed by atoms with Crippen molar-refractivity contribution in [3.05, 3.63) is 64.6 Å². The molecule has 2 aliphatic rings. The molecule has 4 atom stereocenters. The van der Waals surface area contributed by atoms with E-state index >= 15 is 0 Å². The number of hydrogen-bond acceptors (Lipinski definition) is 5. The van der Waals surface area contributed by atoms with Crippen LogP contribution in [0.15, 0.2) is 58.2 Å². The number of fused-ring (bicyclic) bond motifs is 2. The first-order valence-electron chi connectivity index (χ1n) is 11.9. The van der Waals surface area contributed by atoms with E-state index in [9.17, 15) is 4.39 Å². The molecule has 2 aliphatic carbocycles. The lowest BCUT2D eigenvalue weighted by molar-refractivity contribution is 0.215. The van der Waals surface area contributed by atoms with Crippen molar-refractivity contribution in [3.8, 4) is 11.5 Å². The molecule has 180 valence electrons. The lowest BCUT2D eigenvalue weighted by atomic mass is 9.84. The Morgan fingerprint density at radius 1 is 1.12 bits per heavy atom. The molecule has 0 N–H and O–H groups in total. The first kappa shape index (κ1) is 23.7. The fraction of sp³-hybridized carbons (Fsp3) is 0.462. The Morgan fingerprint density at radius 3 is 2.76 bits per heavy atom. The van der Waals surface area contributed by atoms with Gasteiger partial charge in [-0.1, -0.05) is 52.3 Å². The Morgan fingerprint density at radius 2 is 2.00 bits per heavy atom. The number of benzene rings is 2. The van der Waals surface area contributed by atoms with Crippen LogP contribution in [-0.4, -0.2) is 27.1 Å². The van der Waals surface area contributed by atoms with Crippen molar-refractivity contribution in [1.82, 2.24) is 14.8 Å². The maximum absolute atomic E-state index is 14.1. The number of aromatic nitrogens is 3. The third kappa shape index (κ3) is 5.28. The standard InChI is InChI=1S/C26H29BrFN3O2S/c1-17(22-14-18-9-10-19(22)13-18)31-25(16-33-24-8-3-2-7-23(24)28)29-30-26(31)34-12-11-32-21-6-4-5-20(27)15-21/h2-8,15,17-19,22H,9-14,16H2,1H3/t17-,18+,19+,22+/m0/s1. The zero-order chi connectivity index (χ0) is 23.5. The van der Waals surface area contributed by atoms with Crippen LogP contribution in [0.2, 0.25) is 0 Å². The highest BCUT2D eigenvalue weighted by Gasteiger charge is 2.43. The quantitative estimate of drug-likeness (QED) is 0.204. The van der Waals surface area contributed by atoms with Crippen LogP contribution in [0.3, 0.4) is 0 Å². The van der Waals surface area contributed by atoms with Crippen LogP contribution in [0.5, 0.6) is 11.5 Å². The predicted molar refractivity (Wildman–Crippen MR) is 135 cm³/mol. The summed E-state index contributed by atoms with van der Waals surface area (Å²) < 4.78 is 29.0. The van der Waals surface area contributed by atoms with Crippen LogP contribution in [0, 0.1) is 23.6 Å². The number of rotatable bonds is 10. The molecule has 2 fully saturated rings. The van der Waals surface area contributed by atoms with Gasteiger partial charge in [0.25, 0.3) is 0 Å². The normalized spacial score (nSPS) is 22.1. The fourth-order valence-electron chi connectivity index (χ4n) is 5.54. The van der Waals surface area contributed by atoms with Crippen molar-refractivity contribution < 1.29 is 13.9 Å². The van der Waals surface area contributed by atoms with Crippen molar-refractivity contribution >= 4 is 27.7 Å². The van der Waals surface area contributed by atoms with Gasteiger partial charge in [0.1, 0.15) is 12.4 Å². The molecule has 0 aliphatic heterocycles. The summed E-state index contributed by atoms with van der Waals surface area (Å²) in [6, 6.07) is 14.6. The minimum atomic E-state index is -0.367. The SMILES string of the molecule is C[C@@H]([C@H]1C[C@@H]2CC[C@@H]1C2)n1c(COc2ccccc2F)nnc1SCCOc1cccc(Br)c1. The smallest absolute Gasteiger partial charge is 0.191 e. The molecule has 3 aromatic rings. The van der Waals surface area contributed by atoms with Crippen molar-refractivity contribution in [2.75, 3.05) is 12.4 Å². The number of para-hydroxylation sites is 1. The van der Waals surface area contributed by atoms with Gasteiger partial charge in [0.15, 0.2) is 22.5 Å². The van der Waals surface area contributed by atoms with E-state index in [4.69, 9.17) is 9.47 Å². The van der Waals surface area contributed by atoms with Gasteiger partial charge in [0, 0.05) is 16.3 Å². The molecule has 0 saturated heterocycles. The van der Waals surface area contributed by atoms with E-state index < -0.39 is 0 Å². The Kier molecular flexibility index (Phi) is 7.44. The van der Waals surface area contributed by atoms with Crippen LogP contribution in [-0.2, 0) is 6.61 Å². The van der Waals surface area contributed by atoms with Gasteiger partial charge >= 0.3 is 0 Å². The molecule has 5 nitrogen and oxygen atoms in total. The summed E-state index contributed by atoms with van der Waals surface area (Å²) in [4.78, 5) is 0. The van der Waals surface area contributed by atoms with Gasteiger partial charge in [-0.3, -0.25) is 4.57 Å². The molecule has 0 spiro atoms. The largest absolute Gasteiger partial charge is 0.493 e. The monoisotopic (exact) mass is 545 g/mol. The summed E-state index contributed by atoms with van der Waals surface area (Å²) in [6.45, 7) is 3.04. The van der Waals surface area contributed by atoms with E-state index in [2.05, 4.69) is 37.6 Å². The molecular weight excluding hydrogens is 517 g/mol. The Hall–Kier alpha value is -2.06. The van der Waals surface area contributed by atoms with Gasteiger partial charge in [-0.2, -0.15) is 0 Å². The molecular formula is C26H29BrFN3O2S. The van der Waals surface area contributed by atoms with Gasteiger partial charge in [0.2, 0.25) is 0 Å². The summed E-state index contributed by atoms with van der Waals surface area (Å²) >= 11 is 5.12. The fourth-order valence-corrected chi connectivity index (χ4v) is 6.78. The molecule has 2 aromatic carbocycles. The van der Waals surface area contributed by atoms with E-state index in [1.165, 1.54) is 31.7 Å². The lowest BCUT2D eigenvalue weighted by Gasteiger charge is -2.30. The van der Waals surface area contributed by atoms with Gasteiger partial charge in [-0.25, -0.2) is 4.39 Å². The molecule has 2 bridgehead atoms. The van der Waals surface area contributed by atoms with Crippen LogP contribution in [0.25, 0.3) is 0 Å². The molecule has 5 rings (SSSR count). The molecule has 2 saturated carbocycles. The van der Waals surface area contributed by atoms with E-state index in [1.54, 1.807) is 30.0 Å². The first-order chi connectivity index (χ1) is 16.6. The Balaban J connectivity index is 1.29. The van der Waals surface area contributed by atoms with Crippen LogP contribution >= 0.6 is 27.7 Å². The van der Waals surface area contributed by atoms with Crippen molar-refractivity contribution in [3.63, 3.8) is 0 Å². The minimum Gasteiger partial charge on any atom is -0.493 e.